The molecule has 0 radical (unpaired) electrons. The number of nitriles is 1. The van der Waals surface area contributed by atoms with Gasteiger partial charge in [0.05, 0.1) is 6.54 Å². The topological polar surface area (TPSA) is 163 Å². The van der Waals surface area contributed by atoms with Gasteiger partial charge >= 0.3 is 0 Å². The molecule has 12 heteroatoms. The van der Waals surface area contributed by atoms with E-state index in [1.807, 2.05) is 37.4 Å². The number of carbonyl (C=O) groups excluding carboxylic acids is 2. The van der Waals surface area contributed by atoms with Crippen LogP contribution in [0.1, 0.15) is 37.9 Å². The molecule has 1 unspecified atom stereocenters. The Bertz CT molecular complexity index is 1240. The minimum absolute atomic E-state index is 0.0391. The summed E-state index contributed by atoms with van der Waals surface area (Å²) in [5, 5.41) is 19.4. The Kier molecular flexibility index (Phi) is 7.92. The lowest BCUT2D eigenvalue weighted by molar-refractivity contribution is -0.141. The first kappa shape index (κ1) is 24.9. The number of carbonyl (C=O) groups is 2. The number of aryl methyl sites for hydroxylation is 1. The average Bonchev–Trinajstić information content (AvgIpc) is 3.44. The number of benzene rings is 1. The molecule has 4 rings (SSSR count). The van der Waals surface area contributed by atoms with Crippen LogP contribution in [-0.4, -0.2) is 65.8 Å². The number of fused-ring (bicyclic) bond motifs is 1. The minimum atomic E-state index is -0.721. The van der Waals surface area contributed by atoms with E-state index in [1.54, 1.807) is 9.80 Å². The first-order valence-corrected chi connectivity index (χ1v) is 12.1. The molecule has 0 aliphatic carbocycles. The smallest absolute Gasteiger partial charge is 0.247 e. The molecule has 2 aliphatic heterocycles. The van der Waals surface area contributed by atoms with Crippen LogP contribution in [0.2, 0.25) is 0 Å². The number of amides is 2. The molecule has 2 amide bonds. The predicted molar refractivity (Wildman–Crippen MR) is 134 cm³/mol. The number of anilines is 1. The van der Waals surface area contributed by atoms with Gasteiger partial charge in [-0.25, -0.2) is 4.99 Å². The zero-order chi connectivity index (χ0) is 25.5. The lowest BCUT2D eigenvalue weighted by Crippen LogP contribution is -2.47. The van der Waals surface area contributed by atoms with E-state index >= 15 is 0 Å². The summed E-state index contributed by atoms with van der Waals surface area (Å²) in [4.78, 5) is 37.0. The van der Waals surface area contributed by atoms with E-state index in [0.29, 0.717) is 25.2 Å². The highest BCUT2D eigenvalue weighted by Crippen LogP contribution is 2.23. The molecule has 0 saturated carbocycles. The van der Waals surface area contributed by atoms with Gasteiger partial charge in [-0.1, -0.05) is 5.11 Å². The monoisotopic (exact) mass is 491 g/mol. The Morgan fingerprint density at radius 1 is 1.28 bits per heavy atom. The van der Waals surface area contributed by atoms with Crippen molar-refractivity contribution in [3.63, 3.8) is 0 Å². The molecule has 188 valence electrons. The van der Waals surface area contributed by atoms with Gasteiger partial charge in [-0.2, -0.15) is 5.26 Å². The van der Waals surface area contributed by atoms with E-state index in [9.17, 15) is 14.9 Å². The maximum absolute atomic E-state index is 13.3. The van der Waals surface area contributed by atoms with E-state index in [4.69, 9.17) is 9.95 Å². The molecule has 12 nitrogen and oxygen atoms in total. The molecule has 2 saturated heterocycles. The van der Waals surface area contributed by atoms with Crippen molar-refractivity contribution in [1.29, 1.82) is 5.26 Å². The van der Waals surface area contributed by atoms with Gasteiger partial charge < -0.3 is 19.5 Å². The van der Waals surface area contributed by atoms with Crippen molar-refractivity contribution in [2.45, 2.75) is 51.1 Å². The summed E-state index contributed by atoms with van der Waals surface area (Å²) in [6, 6.07) is 6.58. The molecule has 1 aromatic carbocycles. The average molecular weight is 492 g/mol. The molecule has 2 fully saturated rings. The van der Waals surface area contributed by atoms with Crippen LogP contribution in [-0.2, 0) is 9.59 Å². The van der Waals surface area contributed by atoms with Crippen molar-refractivity contribution in [1.82, 2.24) is 15.1 Å². The van der Waals surface area contributed by atoms with Crippen LogP contribution in [0.5, 0.6) is 0 Å². The summed E-state index contributed by atoms with van der Waals surface area (Å²) in [5.74, 6) is 0.563. The molecule has 2 aromatic rings. The number of furan rings is 1. The number of rotatable bonds is 6. The van der Waals surface area contributed by atoms with E-state index in [1.165, 1.54) is 0 Å². The number of hydrogen-bond donors (Lipinski definition) is 2. The fourth-order valence-electron chi connectivity index (χ4n) is 4.80. The van der Waals surface area contributed by atoms with Crippen LogP contribution >= 0.6 is 0 Å². The van der Waals surface area contributed by atoms with Crippen molar-refractivity contribution in [3.05, 3.63) is 40.5 Å². The lowest BCUT2D eigenvalue weighted by Gasteiger charge is -2.28. The summed E-state index contributed by atoms with van der Waals surface area (Å²) in [6.45, 7) is 3.13. The number of nitrogens with zero attached hydrogens (tertiary/aromatic N) is 7. The fourth-order valence-corrected chi connectivity index (χ4v) is 4.80. The zero-order valence-corrected chi connectivity index (χ0v) is 20.2. The summed E-state index contributed by atoms with van der Waals surface area (Å²) in [6.07, 6.45) is 5.55. The molecular weight excluding hydrogens is 462 g/mol. The Morgan fingerprint density at radius 2 is 2.14 bits per heavy atom. The lowest BCUT2D eigenvalue weighted by atomic mass is 10.1. The second-order valence-electron chi connectivity index (χ2n) is 9.02. The van der Waals surface area contributed by atoms with Crippen molar-refractivity contribution >= 4 is 34.4 Å². The summed E-state index contributed by atoms with van der Waals surface area (Å²) >= 11 is 0. The molecule has 0 spiro atoms. The van der Waals surface area contributed by atoms with E-state index in [2.05, 4.69) is 25.7 Å². The molecule has 2 atom stereocenters. The Labute approximate surface area is 208 Å². The van der Waals surface area contributed by atoms with Gasteiger partial charge in [0.25, 0.3) is 0 Å². The highest BCUT2D eigenvalue weighted by molar-refractivity contribution is 5.98. The van der Waals surface area contributed by atoms with Crippen molar-refractivity contribution < 1.29 is 14.0 Å². The first-order valence-electron chi connectivity index (χ1n) is 12.1. The van der Waals surface area contributed by atoms with Gasteiger partial charge in [0.1, 0.15) is 17.4 Å². The molecule has 36 heavy (non-hydrogen) atoms. The summed E-state index contributed by atoms with van der Waals surface area (Å²) in [5.41, 5.74) is 10.1. The van der Waals surface area contributed by atoms with Gasteiger partial charge in [-0.3, -0.25) is 14.9 Å². The van der Waals surface area contributed by atoms with Gasteiger partial charge in [0.2, 0.25) is 17.8 Å². The number of nitrogens with one attached hydrogen (secondary N) is 2. The van der Waals surface area contributed by atoms with Crippen LogP contribution < -0.4 is 10.6 Å². The maximum Gasteiger partial charge on any atom is 0.247 e. The second kappa shape index (κ2) is 11.5. The third-order valence-corrected chi connectivity index (χ3v) is 6.49. The van der Waals surface area contributed by atoms with Crippen LogP contribution in [0, 0.1) is 18.4 Å². The van der Waals surface area contributed by atoms with Crippen LogP contribution in [0.15, 0.2) is 38.8 Å². The van der Waals surface area contributed by atoms with E-state index in [0.717, 1.165) is 42.4 Å². The third-order valence-electron chi connectivity index (χ3n) is 6.49. The number of azide groups is 1. The highest BCUT2D eigenvalue weighted by atomic mass is 16.3. The third kappa shape index (κ3) is 5.87. The zero-order valence-electron chi connectivity index (χ0n) is 20.2. The molecule has 2 N–H and O–H groups in total. The van der Waals surface area contributed by atoms with Crippen LogP contribution in [0.3, 0.4) is 0 Å². The summed E-state index contributed by atoms with van der Waals surface area (Å²) in [7, 11) is 0. The minimum Gasteiger partial charge on any atom is -0.461 e. The normalized spacial score (nSPS) is 20.6. The maximum atomic E-state index is 13.3. The molecular formula is C24H29N9O3. The largest absolute Gasteiger partial charge is 0.461 e. The highest BCUT2D eigenvalue weighted by Gasteiger charge is 2.33. The number of guanidine groups is 1. The van der Waals surface area contributed by atoms with Gasteiger partial charge in [-0.05, 0) is 68.8 Å². The van der Waals surface area contributed by atoms with E-state index < -0.39 is 6.04 Å². The number of aliphatic imine (C=N–C) groups is 1. The number of hydrogen-bond acceptors (Lipinski definition) is 6. The predicted octanol–water partition coefficient (Wildman–Crippen LogP) is 3.26. The molecule has 3 heterocycles. The fraction of sp³-hybridized carbons (Fsp3) is 0.500. The SMILES string of the molecule is Cc1cc2cc(NC(=NC3CCCCN(CC(=O)N4CCC[C@H]4CN=[N+]=[N-])C3=O)NC#N)ccc2o1. The van der Waals surface area contributed by atoms with Crippen LogP contribution in [0.4, 0.5) is 5.69 Å². The Morgan fingerprint density at radius 3 is 2.94 bits per heavy atom. The quantitative estimate of drug-likeness (QED) is 0.120. The number of likely N-dealkylation sites (tertiary alicyclic amines) is 2. The van der Waals surface area contributed by atoms with Crippen molar-refractivity contribution in [2.75, 3.05) is 31.5 Å². The Hall–Kier alpha value is -4.23. The van der Waals surface area contributed by atoms with Crippen LogP contribution in [0.25, 0.3) is 21.4 Å². The van der Waals surface area contributed by atoms with E-state index in [-0.39, 0.29) is 36.9 Å². The van der Waals surface area contributed by atoms with Gasteiger partial charge in [0, 0.05) is 41.7 Å². The second-order valence-corrected chi connectivity index (χ2v) is 9.02. The van der Waals surface area contributed by atoms with Crippen molar-refractivity contribution in [2.24, 2.45) is 10.1 Å². The molecule has 1 aromatic heterocycles. The Balaban J connectivity index is 1.47. The molecule has 0 bridgehead atoms. The van der Waals surface area contributed by atoms with Crippen molar-refractivity contribution in [3.8, 4) is 6.19 Å². The first-order chi connectivity index (χ1) is 17.5. The molecule has 2 aliphatic rings. The standard InChI is InChI=1S/C24H29N9O3/c1-16-11-17-12-18(7-8-21(17)36-16)29-24(27-15-25)30-20-6-2-3-9-32(23(20)35)14-22(34)33-10-4-5-19(33)13-28-31-26/h7-8,11-12,19-20H,2-6,9-10,13-14H2,1H3,(H2,27,29,30)/t19-,20?/m0/s1. The summed E-state index contributed by atoms with van der Waals surface area (Å²) < 4.78 is 5.60. The van der Waals surface area contributed by atoms with Gasteiger partial charge in [0.15, 0.2) is 6.19 Å². The van der Waals surface area contributed by atoms with Gasteiger partial charge in [-0.15, -0.1) is 0 Å².